The number of likely N-dealkylation sites (tertiary alicyclic amines) is 1. The number of nitrogens with one attached hydrogen (secondary N) is 1. The fourth-order valence-electron chi connectivity index (χ4n) is 4.82. The number of carbonyl (C=O) groups excluding carboxylic acids is 4. The highest BCUT2D eigenvalue weighted by Gasteiger charge is 2.66. The lowest BCUT2D eigenvalue weighted by atomic mass is 9.81. The standard InChI is InChI=1S/C20H18Br2Cl2N2O5/c21-17-9-6-10(18(17)22)16-15(9)19(29)26(20(16)30)4-3-14(28)31-7-13(27)25-8-1-2-11(23)12(24)5-8/h1-2,5,9-10,15-18H,3-4,6-7H2,(H,25,27)/t9-,10-,15-,16+,17+,18+/m1/s1. The molecule has 0 radical (unpaired) electrons. The molecule has 1 aromatic carbocycles. The maximum Gasteiger partial charge on any atom is 0.308 e. The van der Waals surface area contributed by atoms with Gasteiger partial charge in [0.05, 0.1) is 28.3 Å². The second-order valence-corrected chi connectivity index (χ2v) is 10.8. The van der Waals surface area contributed by atoms with Crippen molar-refractivity contribution in [3.05, 3.63) is 28.2 Å². The van der Waals surface area contributed by atoms with Crippen molar-refractivity contribution in [3.63, 3.8) is 0 Å². The van der Waals surface area contributed by atoms with Gasteiger partial charge in [-0.1, -0.05) is 55.1 Å². The van der Waals surface area contributed by atoms with E-state index in [4.69, 9.17) is 27.9 Å². The number of hydrogen-bond donors (Lipinski definition) is 1. The summed E-state index contributed by atoms with van der Waals surface area (Å²) in [6, 6.07) is 4.58. The number of rotatable bonds is 6. The van der Waals surface area contributed by atoms with E-state index in [0.29, 0.717) is 10.7 Å². The average molecular weight is 597 g/mol. The van der Waals surface area contributed by atoms with E-state index in [-0.39, 0.29) is 63.1 Å². The highest BCUT2D eigenvalue weighted by atomic mass is 79.9. The van der Waals surface area contributed by atoms with Crippen LogP contribution in [0.15, 0.2) is 18.2 Å². The molecule has 3 amide bonds. The topological polar surface area (TPSA) is 92.8 Å². The van der Waals surface area contributed by atoms with Gasteiger partial charge in [-0.25, -0.2) is 0 Å². The molecule has 31 heavy (non-hydrogen) atoms. The zero-order valence-corrected chi connectivity index (χ0v) is 20.7. The van der Waals surface area contributed by atoms with E-state index in [1.54, 1.807) is 6.07 Å². The lowest BCUT2D eigenvalue weighted by molar-refractivity contribution is -0.149. The first-order valence-electron chi connectivity index (χ1n) is 9.73. The highest BCUT2D eigenvalue weighted by molar-refractivity contribution is 9.12. The van der Waals surface area contributed by atoms with Gasteiger partial charge in [-0.3, -0.25) is 24.1 Å². The number of esters is 1. The molecule has 0 aromatic heterocycles. The van der Waals surface area contributed by atoms with E-state index < -0.39 is 18.5 Å². The molecule has 0 unspecified atom stereocenters. The normalized spacial score (nSPS) is 31.2. The van der Waals surface area contributed by atoms with Crippen LogP contribution in [0.1, 0.15) is 12.8 Å². The summed E-state index contributed by atoms with van der Waals surface area (Å²) in [5.74, 6) is -2.02. The second-order valence-electron chi connectivity index (χ2n) is 7.92. The predicted octanol–water partition coefficient (Wildman–Crippen LogP) is 3.64. The van der Waals surface area contributed by atoms with Crippen molar-refractivity contribution in [2.45, 2.75) is 22.5 Å². The van der Waals surface area contributed by atoms with Gasteiger partial charge in [0.15, 0.2) is 6.61 Å². The van der Waals surface area contributed by atoms with E-state index in [1.807, 2.05) is 0 Å². The molecule has 2 bridgehead atoms. The first-order valence-corrected chi connectivity index (χ1v) is 12.3. The Morgan fingerprint density at radius 2 is 1.68 bits per heavy atom. The quantitative estimate of drug-likeness (QED) is 0.308. The molecule has 3 aliphatic rings. The van der Waals surface area contributed by atoms with E-state index in [2.05, 4.69) is 37.2 Å². The summed E-state index contributed by atoms with van der Waals surface area (Å²) in [5.41, 5.74) is 0.417. The van der Waals surface area contributed by atoms with Crippen molar-refractivity contribution < 1.29 is 23.9 Å². The maximum atomic E-state index is 12.8. The van der Waals surface area contributed by atoms with Crippen LogP contribution in [-0.4, -0.2) is 51.4 Å². The van der Waals surface area contributed by atoms with Gasteiger partial charge in [0.2, 0.25) is 11.8 Å². The van der Waals surface area contributed by atoms with Crippen LogP contribution in [0.3, 0.4) is 0 Å². The van der Waals surface area contributed by atoms with Crippen molar-refractivity contribution in [1.82, 2.24) is 4.90 Å². The van der Waals surface area contributed by atoms with Crippen LogP contribution in [0.5, 0.6) is 0 Å². The number of halogens is 4. The summed E-state index contributed by atoms with van der Waals surface area (Å²) in [4.78, 5) is 51.1. The smallest absolute Gasteiger partial charge is 0.308 e. The largest absolute Gasteiger partial charge is 0.456 e. The number of amides is 3. The summed E-state index contributed by atoms with van der Waals surface area (Å²) in [7, 11) is 0. The van der Waals surface area contributed by atoms with Gasteiger partial charge in [-0.05, 0) is 36.5 Å². The lowest BCUT2D eigenvalue weighted by Crippen LogP contribution is -2.37. The number of benzene rings is 1. The zero-order chi connectivity index (χ0) is 22.4. The van der Waals surface area contributed by atoms with Crippen LogP contribution in [0.25, 0.3) is 0 Å². The summed E-state index contributed by atoms with van der Waals surface area (Å²) in [6.45, 7) is -0.538. The number of anilines is 1. The van der Waals surface area contributed by atoms with E-state index in [9.17, 15) is 19.2 Å². The molecule has 11 heteroatoms. The number of hydrogen-bond acceptors (Lipinski definition) is 5. The SMILES string of the molecule is O=C(COC(=O)CCN1C(=O)[C@@H]2[C@H]3C[C@@H]([C@H](Br)[C@H]3Br)[C@@H]2C1=O)Nc1ccc(Cl)c(Cl)c1. The third-order valence-electron chi connectivity index (χ3n) is 6.19. The first kappa shape index (κ1) is 23.0. The van der Waals surface area contributed by atoms with Crippen LogP contribution in [0.4, 0.5) is 5.69 Å². The van der Waals surface area contributed by atoms with Gasteiger partial charge in [-0.15, -0.1) is 0 Å². The third-order valence-corrected chi connectivity index (χ3v) is 10.1. The van der Waals surface area contributed by atoms with Crippen molar-refractivity contribution in [1.29, 1.82) is 0 Å². The number of ether oxygens (including phenoxy) is 1. The monoisotopic (exact) mass is 594 g/mol. The van der Waals surface area contributed by atoms with E-state index >= 15 is 0 Å². The number of imide groups is 1. The maximum absolute atomic E-state index is 12.8. The molecular formula is C20H18Br2Cl2N2O5. The summed E-state index contributed by atoms with van der Waals surface area (Å²) in [6.07, 6.45) is 0.685. The highest BCUT2D eigenvalue weighted by Crippen LogP contribution is 2.60. The fraction of sp³-hybridized carbons (Fsp3) is 0.500. The van der Waals surface area contributed by atoms with Gasteiger partial charge in [0.25, 0.3) is 5.91 Å². The van der Waals surface area contributed by atoms with Crippen LogP contribution in [0.2, 0.25) is 10.0 Å². The van der Waals surface area contributed by atoms with E-state index in [0.717, 1.165) is 6.42 Å². The Hall–Kier alpha value is -1.16. The Balaban J connectivity index is 1.26. The van der Waals surface area contributed by atoms with Crippen molar-refractivity contribution in [2.75, 3.05) is 18.5 Å². The first-order chi connectivity index (χ1) is 14.7. The third kappa shape index (κ3) is 4.26. The molecule has 6 atom stereocenters. The number of carbonyl (C=O) groups is 4. The second kappa shape index (κ2) is 9.00. The summed E-state index contributed by atoms with van der Waals surface area (Å²) < 4.78 is 4.97. The zero-order valence-electron chi connectivity index (χ0n) is 16.0. The summed E-state index contributed by atoms with van der Waals surface area (Å²) in [5, 5.41) is 3.18. The van der Waals surface area contributed by atoms with Gasteiger partial charge in [0.1, 0.15) is 0 Å². The molecule has 2 aliphatic carbocycles. The van der Waals surface area contributed by atoms with Crippen molar-refractivity contribution in [3.8, 4) is 0 Å². The molecule has 1 heterocycles. The van der Waals surface area contributed by atoms with Crippen LogP contribution in [0, 0.1) is 23.7 Å². The number of alkyl halides is 2. The molecule has 1 aromatic rings. The predicted molar refractivity (Wildman–Crippen MR) is 121 cm³/mol. The summed E-state index contributed by atoms with van der Waals surface area (Å²) >= 11 is 19.0. The lowest BCUT2D eigenvalue weighted by Gasteiger charge is -2.28. The minimum Gasteiger partial charge on any atom is -0.456 e. The molecule has 0 spiro atoms. The molecule has 1 saturated heterocycles. The Kier molecular flexibility index (Phi) is 6.68. The van der Waals surface area contributed by atoms with Gasteiger partial charge in [0, 0.05) is 21.9 Å². The van der Waals surface area contributed by atoms with Crippen LogP contribution < -0.4 is 5.32 Å². The van der Waals surface area contributed by atoms with Gasteiger partial charge in [-0.2, -0.15) is 0 Å². The Labute approximate surface area is 205 Å². The Morgan fingerprint density at radius 3 is 2.26 bits per heavy atom. The molecule has 4 rings (SSSR count). The van der Waals surface area contributed by atoms with Crippen molar-refractivity contribution in [2.24, 2.45) is 23.7 Å². The minimum absolute atomic E-state index is 0.0444. The molecule has 1 N–H and O–H groups in total. The Morgan fingerprint density at radius 1 is 1.06 bits per heavy atom. The van der Waals surface area contributed by atoms with Crippen LogP contribution >= 0.6 is 55.1 Å². The average Bonchev–Trinajstić information content (AvgIpc) is 3.33. The molecule has 7 nitrogen and oxygen atoms in total. The van der Waals surface area contributed by atoms with E-state index in [1.165, 1.54) is 17.0 Å². The molecular weight excluding hydrogens is 579 g/mol. The molecule has 1 aliphatic heterocycles. The number of nitrogens with zero attached hydrogens (tertiary/aromatic N) is 1. The molecule has 166 valence electrons. The number of fused-ring (bicyclic) bond motifs is 5. The van der Waals surface area contributed by atoms with Crippen LogP contribution in [-0.2, 0) is 23.9 Å². The molecule has 2 saturated carbocycles. The minimum atomic E-state index is -0.665. The van der Waals surface area contributed by atoms with Gasteiger partial charge >= 0.3 is 5.97 Å². The van der Waals surface area contributed by atoms with Gasteiger partial charge < -0.3 is 10.1 Å². The molecule has 3 fully saturated rings. The fourth-order valence-corrected chi connectivity index (χ4v) is 6.99. The van der Waals surface area contributed by atoms with Crippen molar-refractivity contribution >= 4 is 84.4 Å². The Bertz CT molecular complexity index is 929.